The van der Waals surface area contributed by atoms with Crippen LogP contribution in [-0.4, -0.2) is 90.1 Å². The summed E-state index contributed by atoms with van der Waals surface area (Å²) in [6.45, 7) is 30.9. The Kier molecular flexibility index (Phi) is 13.4. The summed E-state index contributed by atoms with van der Waals surface area (Å²) in [5, 5.41) is 0. The van der Waals surface area contributed by atoms with Crippen molar-refractivity contribution in [3.8, 4) is 0 Å². The first kappa shape index (κ1) is 37.3. The van der Waals surface area contributed by atoms with Crippen molar-refractivity contribution in [1.82, 2.24) is 0 Å². The first-order chi connectivity index (χ1) is 15.6. The van der Waals surface area contributed by atoms with E-state index in [1.807, 2.05) is 39.3 Å². The second-order valence-electron chi connectivity index (χ2n) is 12.9. The van der Waals surface area contributed by atoms with E-state index in [1.54, 1.807) is 0 Å². The summed E-state index contributed by atoms with van der Waals surface area (Å²) in [6, 6.07) is 0. The van der Waals surface area contributed by atoms with Crippen LogP contribution in [0.4, 0.5) is 0 Å². The Balaban J connectivity index is 6.09. The van der Waals surface area contributed by atoms with E-state index in [9.17, 15) is 0 Å². The first-order valence-corrected chi connectivity index (χ1v) is 34.1. The SMILES string of the molecule is CO[Si](OC)(OC)O[Si](C)(C)O[Si](C)(C)O[Si](C)(C)O[Si](O[Si](C)(C)C)(O[Si](C)(C)C)O[Si](C)(C)C. The minimum atomic E-state index is -3.54. The molecule has 36 heavy (non-hydrogen) atoms. The smallest absolute Gasteiger partial charge is 0.416 e. The minimum Gasteiger partial charge on any atom is -0.416 e. The molecule has 0 N–H and O–H groups in total. The molecule has 0 rings (SSSR count). The van der Waals surface area contributed by atoms with Crippen molar-refractivity contribution < 1.29 is 42.1 Å². The van der Waals surface area contributed by atoms with Crippen molar-refractivity contribution in [2.24, 2.45) is 0 Å². The van der Waals surface area contributed by atoms with Gasteiger partial charge in [0.1, 0.15) is 0 Å². The Bertz CT molecular complexity index is 636. The van der Waals surface area contributed by atoms with Gasteiger partial charge in [0, 0.05) is 21.3 Å². The van der Waals surface area contributed by atoms with Gasteiger partial charge in [0.15, 0.2) is 25.0 Å². The van der Waals surface area contributed by atoms with Gasteiger partial charge in [0.05, 0.1) is 0 Å². The van der Waals surface area contributed by atoms with Crippen LogP contribution in [0, 0.1) is 0 Å². The van der Waals surface area contributed by atoms with Gasteiger partial charge >= 0.3 is 43.8 Å². The molecule has 218 valence electrons. The van der Waals surface area contributed by atoms with Crippen molar-refractivity contribution in [2.75, 3.05) is 21.3 Å². The van der Waals surface area contributed by atoms with Crippen LogP contribution in [0.15, 0.2) is 0 Å². The van der Waals surface area contributed by atoms with Crippen LogP contribution in [0.3, 0.4) is 0 Å². The summed E-state index contributed by atoms with van der Waals surface area (Å²) in [5.74, 6) is 0. The molecule has 0 spiro atoms. The van der Waals surface area contributed by atoms with E-state index in [0.29, 0.717) is 0 Å². The van der Waals surface area contributed by atoms with Gasteiger partial charge < -0.3 is 42.1 Å². The summed E-state index contributed by atoms with van der Waals surface area (Å²) >= 11 is 0. The molecule has 0 aromatic rings. The van der Waals surface area contributed by atoms with E-state index in [0.717, 1.165) is 0 Å². The van der Waals surface area contributed by atoms with Crippen LogP contribution < -0.4 is 0 Å². The van der Waals surface area contributed by atoms with E-state index >= 15 is 0 Å². The lowest BCUT2D eigenvalue weighted by atomic mass is 11.8. The van der Waals surface area contributed by atoms with Gasteiger partial charge in [-0.3, -0.25) is 0 Å². The summed E-state index contributed by atoms with van der Waals surface area (Å²) < 4.78 is 62.7. The summed E-state index contributed by atoms with van der Waals surface area (Å²) in [7, 11) is -17.0. The average molecular weight is 655 g/mol. The third kappa shape index (κ3) is 15.2. The monoisotopic (exact) mass is 654 g/mol. The van der Waals surface area contributed by atoms with Crippen molar-refractivity contribution >= 4 is 68.7 Å². The molecule has 0 fully saturated rings. The van der Waals surface area contributed by atoms with Gasteiger partial charge in [-0.15, -0.1) is 0 Å². The average Bonchev–Trinajstić information content (AvgIpc) is 2.51. The molecule has 0 aliphatic heterocycles. The van der Waals surface area contributed by atoms with Gasteiger partial charge in [-0.05, 0) is 98.2 Å². The second-order valence-corrected chi connectivity index (χ2v) is 42.9. The maximum Gasteiger partial charge on any atom is 0.669 e. The largest absolute Gasteiger partial charge is 0.669 e. The van der Waals surface area contributed by atoms with E-state index < -0.39 is 68.7 Å². The third-order valence-electron chi connectivity index (χ3n) is 3.77. The van der Waals surface area contributed by atoms with Crippen LogP contribution in [-0.2, 0) is 42.1 Å². The Labute approximate surface area is 229 Å². The quantitative estimate of drug-likeness (QED) is 0.187. The second kappa shape index (κ2) is 12.9. The number of hydrogen-bond donors (Lipinski definition) is 0. The van der Waals surface area contributed by atoms with Crippen LogP contribution in [0.2, 0.25) is 98.2 Å². The predicted octanol–water partition coefficient (Wildman–Crippen LogP) is 5.52. The van der Waals surface area contributed by atoms with E-state index in [4.69, 9.17) is 42.1 Å². The van der Waals surface area contributed by atoms with E-state index in [1.165, 1.54) is 21.3 Å². The molecule has 0 aromatic carbocycles. The molecule has 0 amide bonds. The summed E-state index contributed by atoms with van der Waals surface area (Å²) in [6.07, 6.45) is 0. The van der Waals surface area contributed by atoms with Crippen LogP contribution in [0.25, 0.3) is 0 Å². The highest BCUT2D eigenvalue weighted by molar-refractivity contribution is 6.92. The molecular weight excluding hydrogens is 601 g/mol. The Morgan fingerprint density at radius 3 is 0.722 bits per heavy atom. The van der Waals surface area contributed by atoms with Gasteiger partial charge in [-0.1, -0.05) is 0 Å². The highest BCUT2D eigenvalue weighted by Gasteiger charge is 2.58. The molecule has 0 aliphatic carbocycles. The summed E-state index contributed by atoms with van der Waals surface area (Å²) in [5.41, 5.74) is 0. The highest BCUT2D eigenvalue weighted by Crippen LogP contribution is 2.32. The lowest BCUT2D eigenvalue weighted by molar-refractivity contribution is 0.0404. The van der Waals surface area contributed by atoms with Crippen molar-refractivity contribution in [3.05, 3.63) is 0 Å². The fraction of sp³-hybridized carbons (Fsp3) is 1.00. The molecule has 10 nitrogen and oxygen atoms in total. The zero-order chi connectivity index (χ0) is 29.1. The molecule has 0 heterocycles. The molecule has 0 aromatic heterocycles. The zero-order valence-corrected chi connectivity index (χ0v) is 34.1. The highest BCUT2D eigenvalue weighted by atomic mass is 28.6. The molecule has 0 atom stereocenters. The topological polar surface area (TPSA) is 92.3 Å². The van der Waals surface area contributed by atoms with Crippen molar-refractivity contribution in [2.45, 2.75) is 98.2 Å². The normalized spacial score (nSPS) is 15.5. The lowest BCUT2D eigenvalue weighted by Gasteiger charge is -2.45. The Morgan fingerprint density at radius 1 is 0.278 bits per heavy atom. The molecule has 0 radical (unpaired) electrons. The van der Waals surface area contributed by atoms with E-state index in [2.05, 4.69) is 58.9 Å². The van der Waals surface area contributed by atoms with Crippen LogP contribution >= 0.6 is 0 Å². The molecule has 0 saturated heterocycles. The van der Waals surface area contributed by atoms with Crippen LogP contribution in [0.1, 0.15) is 0 Å². The maximum atomic E-state index is 6.83. The molecular formula is C18H54O10Si8. The zero-order valence-electron chi connectivity index (χ0n) is 26.1. The van der Waals surface area contributed by atoms with Crippen molar-refractivity contribution in [1.29, 1.82) is 0 Å². The first-order valence-electron chi connectivity index (χ1n) is 12.2. The van der Waals surface area contributed by atoms with Gasteiger partial charge in [0.2, 0.25) is 0 Å². The van der Waals surface area contributed by atoms with E-state index in [-0.39, 0.29) is 0 Å². The summed E-state index contributed by atoms with van der Waals surface area (Å²) in [4.78, 5) is 0. The van der Waals surface area contributed by atoms with Gasteiger partial charge in [-0.2, -0.15) is 0 Å². The third-order valence-corrected chi connectivity index (χ3v) is 29.4. The molecule has 18 heteroatoms. The van der Waals surface area contributed by atoms with Crippen molar-refractivity contribution in [3.63, 3.8) is 0 Å². The van der Waals surface area contributed by atoms with Gasteiger partial charge in [-0.25, -0.2) is 0 Å². The Hall–Kier alpha value is 1.34. The fourth-order valence-corrected chi connectivity index (χ4v) is 33.1. The lowest BCUT2D eigenvalue weighted by Crippen LogP contribution is -2.67. The minimum absolute atomic E-state index is 1.51. The van der Waals surface area contributed by atoms with Crippen LogP contribution in [0.5, 0.6) is 0 Å². The molecule has 0 unspecified atom stereocenters. The predicted molar refractivity (Wildman–Crippen MR) is 163 cm³/mol. The van der Waals surface area contributed by atoms with Gasteiger partial charge in [0.25, 0.3) is 0 Å². The number of hydrogen-bond acceptors (Lipinski definition) is 10. The fourth-order valence-electron chi connectivity index (χ4n) is 3.47. The Morgan fingerprint density at radius 2 is 0.500 bits per heavy atom. The number of rotatable bonds is 17. The molecule has 0 saturated carbocycles. The molecule has 0 bridgehead atoms. The molecule has 0 aliphatic rings. The maximum absolute atomic E-state index is 6.83. The standard InChI is InChI=1S/C18H54O10Si8/c1-19-35(20-2,21-3)27-33(15,16)25-32(13,14)26-34(17,18)28-36(22-29(4,5)6,23-30(7,8)9)24-31(10,11)12/h1-18H3.